The number of halogens is 1. The minimum atomic E-state index is 0.188. The fourth-order valence-corrected chi connectivity index (χ4v) is 3.74. The van der Waals surface area contributed by atoms with Crippen molar-refractivity contribution in [2.24, 2.45) is 0 Å². The summed E-state index contributed by atoms with van der Waals surface area (Å²) < 4.78 is 0. The fraction of sp³-hybridized carbons (Fsp3) is 0.273. The standard InChI is InChI=1S/C22H22ClN3O/c23-20-6-4-17(5-7-20)14-22(27)26-12-10-25(11-13-26)16-19-3-1-2-18-15-24-9-8-21(18)19/h1-9,15H,10-14,16H2. The molecule has 0 N–H and O–H groups in total. The third-order valence-electron chi connectivity index (χ3n) is 5.16. The van der Waals surface area contributed by atoms with Crippen LogP contribution < -0.4 is 0 Å². The first-order valence-electron chi connectivity index (χ1n) is 9.25. The number of hydrogen-bond donors (Lipinski definition) is 0. The van der Waals surface area contributed by atoms with Crippen molar-refractivity contribution in [3.8, 4) is 0 Å². The summed E-state index contributed by atoms with van der Waals surface area (Å²) in [4.78, 5) is 21.2. The van der Waals surface area contributed by atoms with Crippen LogP contribution in [0.3, 0.4) is 0 Å². The molecule has 1 saturated heterocycles. The Morgan fingerprint density at radius 2 is 1.78 bits per heavy atom. The lowest BCUT2D eigenvalue weighted by Gasteiger charge is -2.35. The van der Waals surface area contributed by atoms with Crippen LogP contribution in [0, 0.1) is 0 Å². The van der Waals surface area contributed by atoms with Crippen molar-refractivity contribution in [3.63, 3.8) is 0 Å². The molecule has 0 aliphatic carbocycles. The molecule has 1 aliphatic heterocycles. The van der Waals surface area contributed by atoms with E-state index in [2.05, 4.69) is 34.1 Å². The number of fused-ring (bicyclic) bond motifs is 1. The lowest BCUT2D eigenvalue weighted by atomic mass is 10.1. The van der Waals surface area contributed by atoms with Gasteiger partial charge in [-0.25, -0.2) is 0 Å². The molecule has 0 spiro atoms. The maximum atomic E-state index is 12.6. The van der Waals surface area contributed by atoms with Gasteiger partial charge in [0.2, 0.25) is 5.91 Å². The Bertz CT molecular complexity index is 928. The van der Waals surface area contributed by atoms with E-state index in [0.717, 1.165) is 38.3 Å². The normalized spacial score (nSPS) is 15.2. The maximum absolute atomic E-state index is 12.6. The molecule has 1 fully saturated rings. The van der Waals surface area contributed by atoms with Crippen LogP contribution in [-0.4, -0.2) is 46.9 Å². The van der Waals surface area contributed by atoms with Crippen molar-refractivity contribution in [1.82, 2.24) is 14.8 Å². The topological polar surface area (TPSA) is 36.4 Å². The SMILES string of the molecule is O=C(Cc1ccc(Cl)cc1)N1CCN(Cc2cccc3cnccc23)CC1. The second-order valence-electron chi connectivity index (χ2n) is 6.97. The fourth-order valence-electron chi connectivity index (χ4n) is 3.61. The first-order valence-corrected chi connectivity index (χ1v) is 9.63. The average Bonchev–Trinajstić information content (AvgIpc) is 2.70. The van der Waals surface area contributed by atoms with Gasteiger partial charge in [-0.15, -0.1) is 0 Å². The van der Waals surface area contributed by atoms with Crippen LogP contribution >= 0.6 is 11.6 Å². The average molecular weight is 380 g/mol. The van der Waals surface area contributed by atoms with E-state index in [9.17, 15) is 4.79 Å². The number of pyridine rings is 1. The summed E-state index contributed by atoms with van der Waals surface area (Å²) in [5.74, 6) is 0.188. The van der Waals surface area contributed by atoms with Crippen LogP contribution in [0.5, 0.6) is 0 Å². The summed E-state index contributed by atoms with van der Waals surface area (Å²) in [7, 11) is 0. The highest BCUT2D eigenvalue weighted by Crippen LogP contribution is 2.20. The molecule has 4 rings (SSSR count). The second kappa shape index (κ2) is 8.07. The minimum Gasteiger partial charge on any atom is -0.340 e. The van der Waals surface area contributed by atoms with Gasteiger partial charge in [-0.3, -0.25) is 14.7 Å². The van der Waals surface area contributed by atoms with E-state index in [0.29, 0.717) is 11.4 Å². The van der Waals surface area contributed by atoms with Crippen LogP contribution in [0.1, 0.15) is 11.1 Å². The number of hydrogen-bond acceptors (Lipinski definition) is 3. The number of nitrogens with zero attached hydrogens (tertiary/aromatic N) is 3. The highest BCUT2D eigenvalue weighted by Gasteiger charge is 2.21. The number of aromatic nitrogens is 1. The zero-order valence-corrected chi connectivity index (χ0v) is 15.9. The van der Waals surface area contributed by atoms with Gasteiger partial charge in [0.1, 0.15) is 0 Å². The molecule has 138 valence electrons. The van der Waals surface area contributed by atoms with Gasteiger partial charge in [0.25, 0.3) is 0 Å². The first-order chi connectivity index (χ1) is 13.2. The number of amides is 1. The number of carbonyl (C=O) groups excluding carboxylic acids is 1. The summed E-state index contributed by atoms with van der Waals surface area (Å²) in [6, 6.07) is 16.0. The molecule has 0 atom stereocenters. The molecule has 0 saturated carbocycles. The Morgan fingerprint density at radius 1 is 1.00 bits per heavy atom. The van der Waals surface area contributed by atoms with Crippen molar-refractivity contribution < 1.29 is 4.79 Å². The number of carbonyl (C=O) groups is 1. The third-order valence-corrected chi connectivity index (χ3v) is 5.41. The predicted octanol–water partition coefficient (Wildman–Crippen LogP) is 3.78. The quantitative estimate of drug-likeness (QED) is 0.692. The van der Waals surface area contributed by atoms with Crippen molar-refractivity contribution in [1.29, 1.82) is 0 Å². The monoisotopic (exact) mass is 379 g/mol. The Kier molecular flexibility index (Phi) is 5.37. The number of benzene rings is 2. The van der Waals surface area contributed by atoms with E-state index in [1.165, 1.54) is 16.3 Å². The predicted molar refractivity (Wildman–Crippen MR) is 109 cm³/mol. The molecule has 1 aromatic heterocycles. The van der Waals surface area contributed by atoms with E-state index >= 15 is 0 Å². The Labute approximate surface area is 164 Å². The van der Waals surface area contributed by atoms with Gasteiger partial charge < -0.3 is 4.90 Å². The Morgan fingerprint density at radius 3 is 2.56 bits per heavy atom. The molecule has 4 nitrogen and oxygen atoms in total. The lowest BCUT2D eigenvalue weighted by Crippen LogP contribution is -2.48. The van der Waals surface area contributed by atoms with Crippen LogP contribution in [0.4, 0.5) is 0 Å². The molecular weight excluding hydrogens is 358 g/mol. The second-order valence-corrected chi connectivity index (χ2v) is 7.41. The largest absolute Gasteiger partial charge is 0.340 e. The molecule has 2 aromatic carbocycles. The third kappa shape index (κ3) is 4.29. The van der Waals surface area contributed by atoms with Gasteiger partial charge >= 0.3 is 0 Å². The highest BCUT2D eigenvalue weighted by molar-refractivity contribution is 6.30. The van der Waals surface area contributed by atoms with Gasteiger partial charge in [0.05, 0.1) is 6.42 Å². The van der Waals surface area contributed by atoms with Crippen LogP contribution in [0.25, 0.3) is 10.8 Å². The summed E-state index contributed by atoms with van der Waals surface area (Å²) in [5.41, 5.74) is 2.33. The van der Waals surface area contributed by atoms with E-state index in [-0.39, 0.29) is 5.91 Å². The number of piperazine rings is 1. The van der Waals surface area contributed by atoms with Crippen LogP contribution in [0.2, 0.25) is 5.02 Å². The zero-order valence-electron chi connectivity index (χ0n) is 15.1. The van der Waals surface area contributed by atoms with Crippen molar-refractivity contribution >= 4 is 28.3 Å². The summed E-state index contributed by atoms with van der Waals surface area (Å²) in [6.07, 6.45) is 4.19. The molecule has 0 radical (unpaired) electrons. The minimum absolute atomic E-state index is 0.188. The molecule has 3 aromatic rings. The molecular formula is C22H22ClN3O. The Hall–Kier alpha value is -2.43. The first kappa shape index (κ1) is 18.0. The molecule has 27 heavy (non-hydrogen) atoms. The van der Waals surface area contributed by atoms with E-state index < -0.39 is 0 Å². The summed E-state index contributed by atoms with van der Waals surface area (Å²) >= 11 is 5.91. The molecule has 1 aliphatic rings. The molecule has 0 unspecified atom stereocenters. The molecule has 2 heterocycles. The van der Waals surface area contributed by atoms with Gasteiger partial charge in [-0.1, -0.05) is 41.9 Å². The molecule has 0 bridgehead atoms. The van der Waals surface area contributed by atoms with E-state index in [1.807, 2.05) is 41.6 Å². The van der Waals surface area contributed by atoms with Gasteiger partial charge in [-0.2, -0.15) is 0 Å². The van der Waals surface area contributed by atoms with Crippen molar-refractivity contribution in [3.05, 3.63) is 77.1 Å². The van der Waals surface area contributed by atoms with Gasteiger partial charge in [0, 0.05) is 55.5 Å². The zero-order chi connectivity index (χ0) is 18.6. The van der Waals surface area contributed by atoms with Crippen molar-refractivity contribution in [2.45, 2.75) is 13.0 Å². The lowest BCUT2D eigenvalue weighted by molar-refractivity contribution is -0.132. The van der Waals surface area contributed by atoms with E-state index in [1.54, 1.807) is 0 Å². The van der Waals surface area contributed by atoms with Crippen LogP contribution in [0.15, 0.2) is 60.9 Å². The van der Waals surface area contributed by atoms with Gasteiger partial charge in [0.15, 0.2) is 0 Å². The van der Waals surface area contributed by atoms with Gasteiger partial charge in [-0.05, 0) is 34.7 Å². The summed E-state index contributed by atoms with van der Waals surface area (Å²) in [6.45, 7) is 4.25. The summed E-state index contributed by atoms with van der Waals surface area (Å²) in [5, 5.41) is 3.13. The van der Waals surface area contributed by atoms with Crippen molar-refractivity contribution in [2.75, 3.05) is 26.2 Å². The molecule has 5 heteroatoms. The highest BCUT2D eigenvalue weighted by atomic mass is 35.5. The maximum Gasteiger partial charge on any atom is 0.227 e. The Balaban J connectivity index is 1.34. The van der Waals surface area contributed by atoms with E-state index in [4.69, 9.17) is 11.6 Å². The molecule has 1 amide bonds. The smallest absolute Gasteiger partial charge is 0.227 e. The number of rotatable bonds is 4. The van der Waals surface area contributed by atoms with Crippen LogP contribution in [-0.2, 0) is 17.8 Å².